The van der Waals surface area contributed by atoms with Crippen molar-refractivity contribution in [2.75, 3.05) is 19.0 Å². The van der Waals surface area contributed by atoms with Gasteiger partial charge in [-0.3, -0.25) is 4.79 Å². The third-order valence-electron chi connectivity index (χ3n) is 5.35. The maximum atomic E-state index is 12.4. The fourth-order valence-corrected chi connectivity index (χ4v) is 3.97. The molecular weight excluding hydrogens is 469 g/mol. The highest BCUT2D eigenvalue weighted by Crippen LogP contribution is 2.25. The summed E-state index contributed by atoms with van der Waals surface area (Å²) in [5.41, 5.74) is 1.37. The summed E-state index contributed by atoms with van der Waals surface area (Å²) in [6.07, 6.45) is 0.310. The zero-order chi connectivity index (χ0) is 23.8. The lowest BCUT2D eigenvalue weighted by Gasteiger charge is -2.36. The van der Waals surface area contributed by atoms with Crippen molar-refractivity contribution in [1.82, 2.24) is 10.6 Å². The van der Waals surface area contributed by atoms with E-state index in [1.165, 1.54) is 7.11 Å². The molecule has 1 saturated heterocycles. The van der Waals surface area contributed by atoms with E-state index >= 15 is 0 Å². The Morgan fingerprint density at radius 3 is 2.67 bits per heavy atom. The second kappa shape index (κ2) is 12.1. The van der Waals surface area contributed by atoms with Gasteiger partial charge in [0.1, 0.15) is 11.9 Å². The number of carbonyl (C=O) groups is 2. The quantitative estimate of drug-likeness (QED) is 0.446. The minimum Gasteiger partial charge on any atom is -0.495 e. The van der Waals surface area contributed by atoms with E-state index in [1.54, 1.807) is 42.5 Å². The van der Waals surface area contributed by atoms with Gasteiger partial charge in [-0.15, -0.1) is 0 Å². The van der Waals surface area contributed by atoms with Gasteiger partial charge in [-0.1, -0.05) is 41.4 Å². The number of para-hydroxylation sites is 2. The molecule has 178 valence electrons. The van der Waals surface area contributed by atoms with Crippen LogP contribution in [0.1, 0.15) is 24.8 Å². The van der Waals surface area contributed by atoms with Gasteiger partial charge in [0.15, 0.2) is 0 Å². The second-order valence-corrected chi connectivity index (χ2v) is 8.51. The summed E-state index contributed by atoms with van der Waals surface area (Å²) in [6, 6.07) is 11.4. The highest BCUT2D eigenvalue weighted by Gasteiger charge is 2.33. The minimum atomic E-state index is -0.616. The van der Waals surface area contributed by atoms with Crippen molar-refractivity contribution in [1.29, 1.82) is 0 Å². The van der Waals surface area contributed by atoms with Gasteiger partial charge in [0, 0.05) is 6.54 Å². The molecule has 0 unspecified atom stereocenters. The summed E-state index contributed by atoms with van der Waals surface area (Å²) < 4.78 is 11.1. The van der Waals surface area contributed by atoms with Crippen molar-refractivity contribution in [3.63, 3.8) is 0 Å². The lowest BCUT2D eigenvalue weighted by Crippen LogP contribution is -2.52. The van der Waals surface area contributed by atoms with Crippen LogP contribution in [-0.4, -0.2) is 49.0 Å². The van der Waals surface area contributed by atoms with Gasteiger partial charge in [0.2, 0.25) is 5.91 Å². The number of carbonyl (C=O) groups excluding carboxylic acids is 2. The minimum absolute atomic E-state index is 0.151. The Morgan fingerprint density at radius 2 is 1.94 bits per heavy atom. The first-order valence-electron chi connectivity index (χ1n) is 10.6. The number of methoxy groups -OCH3 is 1. The molecule has 0 aliphatic carbocycles. The Bertz CT molecular complexity index is 975. The number of hydrogen-bond acceptors (Lipinski definition) is 5. The van der Waals surface area contributed by atoms with Crippen LogP contribution in [0.15, 0.2) is 42.5 Å². The van der Waals surface area contributed by atoms with Crippen LogP contribution in [0.5, 0.6) is 5.75 Å². The van der Waals surface area contributed by atoms with E-state index in [1.807, 2.05) is 0 Å². The Balaban J connectivity index is 1.46. The standard InChI is InChI=1S/C23H27Cl2N3O5/c1-32-20-5-3-2-4-18(20)27-23(31)28-19-9-7-15(33-21(19)13-29)11-22(30)26-12-14-6-8-16(24)17(25)10-14/h2-6,8,10,15,19,21,29H,7,9,11-13H2,1H3,(H,26,30)(H2,27,28,31)/t15-,19-,21-/m0/s1. The summed E-state index contributed by atoms with van der Waals surface area (Å²) in [7, 11) is 1.52. The van der Waals surface area contributed by atoms with E-state index in [4.69, 9.17) is 32.7 Å². The lowest BCUT2D eigenvalue weighted by molar-refractivity contribution is -0.130. The van der Waals surface area contributed by atoms with Gasteiger partial charge in [-0.05, 0) is 42.7 Å². The number of aliphatic hydroxyl groups excluding tert-OH is 1. The zero-order valence-corrected chi connectivity index (χ0v) is 19.7. The predicted molar refractivity (Wildman–Crippen MR) is 127 cm³/mol. The van der Waals surface area contributed by atoms with E-state index < -0.39 is 12.1 Å². The van der Waals surface area contributed by atoms with Crippen molar-refractivity contribution < 1.29 is 24.2 Å². The van der Waals surface area contributed by atoms with Crippen LogP contribution in [0, 0.1) is 0 Å². The first-order valence-corrected chi connectivity index (χ1v) is 11.3. The molecule has 1 heterocycles. The van der Waals surface area contributed by atoms with Crippen molar-refractivity contribution >= 4 is 40.8 Å². The zero-order valence-electron chi connectivity index (χ0n) is 18.1. The van der Waals surface area contributed by atoms with Crippen LogP contribution >= 0.6 is 23.2 Å². The second-order valence-electron chi connectivity index (χ2n) is 7.69. The molecule has 3 atom stereocenters. The fourth-order valence-electron chi connectivity index (χ4n) is 3.65. The van der Waals surface area contributed by atoms with Crippen molar-refractivity contribution in [3.05, 3.63) is 58.1 Å². The maximum absolute atomic E-state index is 12.4. The lowest BCUT2D eigenvalue weighted by atomic mass is 9.97. The highest BCUT2D eigenvalue weighted by atomic mass is 35.5. The molecule has 0 bridgehead atoms. The molecule has 8 nitrogen and oxygen atoms in total. The van der Waals surface area contributed by atoms with Crippen LogP contribution < -0.4 is 20.7 Å². The van der Waals surface area contributed by atoms with Crippen LogP contribution in [-0.2, 0) is 16.1 Å². The summed E-state index contributed by atoms with van der Waals surface area (Å²) >= 11 is 11.9. The topological polar surface area (TPSA) is 109 Å². The van der Waals surface area contributed by atoms with E-state index in [2.05, 4.69) is 16.0 Å². The van der Waals surface area contributed by atoms with Crippen molar-refractivity contribution in [2.24, 2.45) is 0 Å². The molecule has 1 aliphatic rings. The Hall–Kier alpha value is -2.52. The summed E-state index contributed by atoms with van der Waals surface area (Å²) in [4.78, 5) is 24.8. The number of halogens is 2. The first-order chi connectivity index (χ1) is 15.9. The molecule has 1 fully saturated rings. The van der Waals surface area contributed by atoms with E-state index in [9.17, 15) is 14.7 Å². The van der Waals surface area contributed by atoms with Gasteiger partial charge < -0.3 is 30.5 Å². The molecule has 4 N–H and O–H groups in total. The molecule has 0 radical (unpaired) electrons. The average Bonchev–Trinajstić information content (AvgIpc) is 2.81. The number of rotatable bonds is 8. The maximum Gasteiger partial charge on any atom is 0.319 e. The number of hydrogen-bond donors (Lipinski definition) is 4. The van der Waals surface area contributed by atoms with Crippen LogP contribution in [0.3, 0.4) is 0 Å². The molecule has 0 saturated carbocycles. The molecule has 2 aromatic carbocycles. The van der Waals surface area contributed by atoms with Crippen molar-refractivity contribution in [2.45, 2.75) is 44.1 Å². The molecule has 33 heavy (non-hydrogen) atoms. The predicted octanol–water partition coefficient (Wildman–Crippen LogP) is 3.74. The number of aliphatic hydroxyl groups is 1. The number of amides is 3. The summed E-state index contributed by atoms with van der Waals surface area (Å²) in [5, 5.41) is 19.1. The molecule has 3 amide bonds. The number of nitrogens with one attached hydrogen (secondary N) is 3. The largest absolute Gasteiger partial charge is 0.495 e. The number of urea groups is 1. The first kappa shape index (κ1) is 25.1. The van der Waals surface area contributed by atoms with Crippen LogP contribution in [0.4, 0.5) is 10.5 Å². The van der Waals surface area contributed by atoms with Crippen LogP contribution in [0.2, 0.25) is 10.0 Å². The fraction of sp³-hybridized carbons (Fsp3) is 0.391. The number of anilines is 1. The molecule has 1 aliphatic heterocycles. The van der Waals surface area contributed by atoms with Crippen molar-refractivity contribution in [3.8, 4) is 5.75 Å². The van der Waals surface area contributed by atoms with E-state index in [-0.39, 0.29) is 31.1 Å². The Labute approximate surface area is 202 Å². The molecule has 3 rings (SSSR count). The normalized spacial score (nSPS) is 20.1. The SMILES string of the molecule is COc1ccccc1NC(=O)N[C@H]1CC[C@@H](CC(=O)NCc2ccc(Cl)c(Cl)c2)O[C@H]1CO. The summed E-state index contributed by atoms with van der Waals surface area (Å²) in [5.74, 6) is 0.362. The molecule has 0 aromatic heterocycles. The van der Waals surface area contributed by atoms with Gasteiger partial charge in [-0.25, -0.2) is 4.79 Å². The molecule has 10 heteroatoms. The third kappa shape index (κ3) is 7.23. The van der Waals surface area contributed by atoms with E-state index in [0.717, 1.165) is 5.56 Å². The average molecular weight is 496 g/mol. The monoisotopic (exact) mass is 495 g/mol. The Kier molecular flexibility index (Phi) is 9.20. The Morgan fingerprint density at radius 1 is 1.15 bits per heavy atom. The summed E-state index contributed by atoms with van der Waals surface area (Å²) in [6.45, 7) is 0.0418. The van der Waals surface area contributed by atoms with Gasteiger partial charge in [0.05, 0.1) is 48.0 Å². The number of benzene rings is 2. The van der Waals surface area contributed by atoms with Gasteiger partial charge in [-0.2, -0.15) is 0 Å². The molecule has 0 spiro atoms. The van der Waals surface area contributed by atoms with Crippen LogP contribution in [0.25, 0.3) is 0 Å². The van der Waals surface area contributed by atoms with Gasteiger partial charge >= 0.3 is 6.03 Å². The number of ether oxygens (including phenoxy) is 2. The molecule has 2 aromatic rings. The third-order valence-corrected chi connectivity index (χ3v) is 6.09. The molecular formula is C23H27Cl2N3O5. The highest BCUT2D eigenvalue weighted by molar-refractivity contribution is 6.42. The van der Waals surface area contributed by atoms with Gasteiger partial charge in [0.25, 0.3) is 0 Å². The smallest absolute Gasteiger partial charge is 0.319 e. The van der Waals surface area contributed by atoms with E-state index in [0.29, 0.717) is 40.9 Å².